The Morgan fingerprint density at radius 2 is 1.59 bits per heavy atom. The molecule has 0 unspecified atom stereocenters. The van der Waals surface area contributed by atoms with E-state index in [4.69, 9.17) is 14.9 Å². The highest BCUT2D eigenvalue weighted by Crippen LogP contribution is 2.49. The number of carboxylic acids is 2. The van der Waals surface area contributed by atoms with Crippen molar-refractivity contribution in [1.82, 2.24) is 5.32 Å². The van der Waals surface area contributed by atoms with E-state index >= 15 is 0 Å². The minimum Gasteiger partial charge on any atom is -0.496 e. The van der Waals surface area contributed by atoms with Crippen LogP contribution in [0.1, 0.15) is 35.1 Å². The molecule has 2 aromatic carbocycles. The lowest BCUT2D eigenvalue weighted by molar-refractivity contribution is -0.134. The molecule has 3 N–H and O–H groups in total. The Balaban J connectivity index is 0.000000258. The molecule has 2 aromatic rings. The molecule has 1 saturated heterocycles. The van der Waals surface area contributed by atoms with Gasteiger partial charge in [-0.05, 0) is 48.7 Å². The normalized spacial score (nSPS) is 16.3. The van der Waals surface area contributed by atoms with Crippen molar-refractivity contribution in [2.24, 2.45) is 0 Å². The number of ether oxygens (including phenoxy) is 1. The molecule has 1 spiro atoms. The maximum absolute atomic E-state index is 9.55. The largest absolute Gasteiger partial charge is 0.496 e. The molecule has 1 aliphatic heterocycles. The molecule has 0 aromatic heterocycles. The molecule has 0 bridgehead atoms. The zero-order chi connectivity index (χ0) is 20.9. The highest BCUT2D eigenvalue weighted by molar-refractivity contribution is 5.89. The molecule has 0 atom stereocenters. The van der Waals surface area contributed by atoms with E-state index in [1.807, 2.05) is 0 Å². The number of rotatable bonds is 3. The summed E-state index contributed by atoms with van der Waals surface area (Å²) >= 11 is 0. The van der Waals surface area contributed by atoms with E-state index in [1.165, 1.54) is 35.1 Å². The van der Waals surface area contributed by atoms with Crippen molar-refractivity contribution in [2.45, 2.75) is 24.7 Å². The van der Waals surface area contributed by atoms with Crippen LogP contribution >= 0.6 is 0 Å². The number of carbonyl (C=O) groups is 2. The molecule has 1 fully saturated rings. The van der Waals surface area contributed by atoms with Gasteiger partial charge in [0.05, 0.1) is 7.11 Å². The van der Waals surface area contributed by atoms with Crippen molar-refractivity contribution < 1.29 is 24.5 Å². The van der Waals surface area contributed by atoms with Gasteiger partial charge in [-0.1, -0.05) is 36.4 Å². The summed E-state index contributed by atoms with van der Waals surface area (Å²) in [6, 6.07) is 15.5. The number of piperidine rings is 1. The molecule has 29 heavy (non-hydrogen) atoms. The van der Waals surface area contributed by atoms with Crippen LogP contribution in [0.5, 0.6) is 5.75 Å². The standard InChI is InChI=1S/C19H21NO.C4H4O4/c1-21-18-8-4-7-17-15(18)13-14-5-2-3-6-16(14)19(17)9-11-20-12-10-19;5-3(6)1-2-4(7)8/h2-8,20H,9-13H2,1H3;1-2H,(H,5,6)(H,7,8)/b;2-1-. The maximum Gasteiger partial charge on any atom is 0.328 e. The van der Waals surface area contributed by atoms with Crippen molar-refractivity contribution in [3.05, 3.63) is 76.9 Å². The SMILES string of the molecule is COc1cccc2c1Cc1ccccc1C21CCNCC1.O=C(O)/C=C\C(=O)O. The highest BCUT2D eigenvalue weighted by Gasteiger charge is 2.41. The summed E-state index contributed by atoms with van der Waals surface area (Å²) in [4.78, 5) is 19.1. The smallest absolute Gasteiger partial charge is 0.328 e. The Labute approximate surface area is 169 Å². The van der Waals surface area contributed by atoms with Gasteiger partial charge in [0.2, 0.25) is 0 Å². The van der Waals surface area contributed by atoms with Gasteiger partial charge in [0, 0.05) is 29.6 Å². The third kappa shape index (κ3) is 4.32. The third-order valence-electron chi connectivity index (χ3n) is 5.59. The quantitative estimate of drug-likeness (QED) is 0.692. The molecule has 6 nitrogen and oxygen atoms in total. The van der Waals surface area contributed by atoms with Gasteiger partial charge in [-0.3, -0.25) is 0 Å². The van der Waals surface area contributed by atoms with Crippen LogP contribution in [-0.4, -0.2) is 42.4 Å². The molecular weight excluding hydrogens is 370 g/mol. The number of hydrogen-bond donors (Lipinski definition) is 3. The number of methoxy groups -OCH3 is 1. The summed E-state index contributed by atoms with van der Waals surface area (Å²) in [5.41, 5.74) is 6.05. The molecule has 6 heteroatoms. The van der Waals surface area contributed by atoms with E-state index in [0.717, 1.165) is 25.3 Å². The van der Waals surface area contributed by atoms with Crippen molar-refractivity contribution in [3.8, 4) is 5.75 Å². The van der Waals surface area contributed by atoms with Gasteiger partial charge in [-0.25, -0.2) is 9.59 Å². The molecule has 1 heterocycles. The lowest BCUT2D eigenvalue weighted by atomic mass is 9.62. The zero-order valence-corrected chi connectivity index (χ0v) is 16.4. The average Bonchev–Trinajstić information content (AvgIpc) is 2.73. The fourth-order valence-corrected chi connectivity index (χ4v) is 4.40. The first-order valence-electron chi connectivity index (χ1n) is 9.57. The van der Waals surface area contributed by atoms with Crippen molar-refractivity contribution >= 4 is 11.9 Å². The summed E-state index contributed by atoms with van der Waals surface area (Å²) in [5, 5.41) is 19.1. The van der Waals surface area contributed by atoms with E-state index in [2.05, 4.69) is 47.8 Å². The fourth-order valence-electron chi connectivity index (χ4n) is 4.40. The summed E-state index contributed by atoms with van der Waals surface area (Å²) < 4.78 is 5.65. The zero-order valence-electron chi connectivity index (χ0n) is 16.4. The van der Waals surface area contributed by atoms with Crippen LogP contribution in [0.25, 0.3) is 0 Å². The summed E-state index contributed by atoms with van der Waals surface area (Å²) in [5.74, 6) is -1.47. The van der Waals surface area contributed by atoms with Crippen LogP contribution in [0.2, 0.25) is 0 Å². The van der Waals surface area contributed by atoms with Gasteiger partial charge >= 0.3 is 11.9 Å². The first kappa shape index (κ1) is 20.6. The van der Waals surface area contributed by atoms with Crippen molar-refractivity contribution in [2.75, 3.05) is 20.2 Å². The lowest BCUT2D eigenvalue weighted by Gasteiger charge is -2.44. The molecule has 2 aliphatic rings. The van der Waals surface area contributed by atoms with Crippen LogP contribution in [0.4, 0.5) is 0 Å². The second-order valence-corrected chi connectivity index (χ2v) is 7.16. The number of hydrogen-bond acceptors (Lipinski definition) is 4. The number of fused-ring (bicyclic) bond motifs is 4. The van der Waals surface area contributed by atoms with E-state index in [-0.39, 0.29) is 5.41 Å². The predicted octanol–water partition coefficient (Wildman–Crippen LogP) is 2.98. The molecule has 1 aliphatic carbocycles. The van der Waals surface area contributed by atoms with Gasteiger partial charge in [0.25, 0.3) is 0 Å². The van der Waals surface area contributed by atoms with Gasteiger partial charge in [-0.15, -0.1) is 0 Å². The van der Waals surface area contributed by atoms with E-state index in [1.54, 1.807) is 7.11 Å². The molecule has 0 amide bonds. The van der Waals surface area contributed by atoms with Crippen LogP contribution in [-0.2, 0) is 21.4 Å². The first-order valence-corrected chi connectivity index (χ1v) is 9.57. The second kappa shape index (κ2) is 8.92. The molecule has 152 valence electrons. The van der Waals surface area contributed by atoms with E-state index in [0.29, 0.717) is 12.2 Å². The highest BCUT2D eigenvalue weighted by atomic mass is 16.5. The minimum atomic E-state index is -1.26. The Kier molecular flexibility index (Phi) is 6.34. The molecule has 0 radical (unpaired) electrons. The Morgan fingerprint density at radius 1 is 0.966 bits per heavy atom. The summed E-state index contributed by atoms with van der Waals surface area (Å²) in [7, 11) is 1.78. The average molecular weight is 395 g/mol. The summed E-state index contributed by atoms with van der Waals surface area (Å²) in [6.07, 6.45) is 4.45. The first-order chi connectivity index (χ1) is 14.0. The molecule has 0 saturated carbocycles. The predicted molar refractivity (Wildman–Crippen MR) is 110 cm³/mol. The maximum atomic E-state index is 9.55. The number of benzene rings is 2. The Morgan fingerprint density at radius 3 is 2.21 bits per heavy atom. The van der Waals surface area contributed by atoms with E-state index < -0.39 is 11.9 Å². The van der Waals surface area contributed by atoms with Gasteiger partial charge < -0.3 is 20.3 Å². The minimum absolute atomic E-state index is 0.171. The number of nitrogens with one attached hydrogen (secondary N) is 1. The van der Waals surface area contributed by atoms with Crippen LogP contribution < -0.4 is 10.1 Å². The van der Waals surface area contributed by atoms with E-state index in [9.17, 15) is 9.59 Å². The Hall–Kier alpha value is -3.12. The monoisotopic (exact) mass is 395 g/mol. The van der Waals surface area contributed by atoms with Gasteiger partial charge in [-0.2, -0.15) is 0 Å². The van der Waals surface area contributed by atoms with Gasteiger partial charge in [0.15, 0.2) is 0 Å². The van der Waals surface area contributed by atoms with Crippen molar-refractivity contribution in [1.29, 1.82) is 0 Å². The number of aliphatic carboxylic acids is 2. The molecule has 4 rings (SSSR count). The second-order valence-electron chi connectivity index (χ2n) is 7.16. The fraction of sp³-hybridized carbons (Fsp3) is 0.304. The van der Waals surface area contributed by atoms with Crippen LogP contribution in [0.15, 0.2) is 54.6 Å². The molecular formula is C23H25NO5. The lowest BCUT2D eigenvalue weighted by Crippen LogP contribution is -2.43. The van der Waals surface area contributed by atoms with Gasteiger partial charge in [0.1, 0.15) is 5.75 Å². The third-order valence-corrected chi connectivity index (χ3v) is 5.59. The van der Waals surface area contributed by atoms with Crippen LogP contribution in [0, 0.1) is 0 Å². The topological polar surface area (TPSA) is 95.9 Å². The summed E-state index contributed by atoms with van der Waals surface area (Å²) in [6.45, 7) is 2.18. The Bertz CT molecular complexity index is 913. The van der Waals surface area contributed by atoms with Crippen molar-refractivity contribution in [3.63, 3.8) is 0 Å². The number of carboxylic acid groups (broad SMARTS) is 2. The van der Waals surface area contributed by atoms with Crippen LogP contribution in [0.3, 0.4) is 0 Å².